The average Bonchev–Trinajstić information content (AvgIpc) is 3.26. The summed E-state index contributed by atoms with van der Waals surface area (Å²) in [6.45, 7) is 4.66. The number of nitrogens with one attached hydrogen (secondary N) is 3. The van der Waals surface area contributed by atoms with E-state index in [4.69, 9.17) is 0 Å². The van der Waals surface area contributed by atoms with Crippen molar-refractivity contribution in [2.24, 2.45) is 4.99 Å². The van der Waals surface area contributed by atoms with Crippen molar-refractivity contribution in [3.05, 3.63) is 78.2 Å². The first kappa shape index (κ1) is 24.9. The van der Waals surface area contributed by atoms with Crippen LogP contribution in [0.25, 0.3) is 11.3 Å². The Hall–Kier alpha value is -2.39. The number of nitrogens with zero attached hydrogens (tertiary/aromatic N) is 3. The third-order valence-electron chi connectivity index (χ3n) is 5.24. The van der Waals surface area contributed by atoms with Crippen LogP contribution in [-0.4, -0.2) is 47.5 Å². The van der Waals surface area contributed by atoms with E-state index >= 15 is 0 Å². The minimum absolute atomic E-state index is 0. The fourth-order valence-electron chi connectivity index (χ4n) is 3.25. The molecule has 1 unspecified atom stereocenters. The number of aromatic amines is 1. The highest BCUT2D eigenvalue weighted by Crippen LogP contribution is 2.15. The lowest BCUT2D eigenvalue weighted by Crippen LogP contribution is -2.39. The summed E-state index contributed by atoms with van der Waals surface area (Å²) in [7, 11) is 3.96. The van der Waals surface area contributed by atoms with E-state index in [2.05, 4.69) is 86.9 Å². The van der Waals surface area contributed by atoms with Crippen LogP contribution >= 0.6 is 24.0 Å². The van der Waals surface area contributed by atoms with E-state index in [0.717, 1.165) is 42.6 Å². The molecule has 6 nitrogen and oxygen atoms in total. The highest BCUT2D eigenvalue weighted by atomic mass is 127. The van der Waals surface area contributed by atoms with Gasteiger partial charge in [0.1, 0.15) is 5.82 Å². The molecule has 3 aromatic rings. The number of hydrogen-bond acceptors (Lipinski definition) is 3. The zero-order chi connectivity index (χ0) is 21.2. The maximum absolute atomic E-state index is 4.46. The van der Waals surface area contributed by atoms with Gasteiger partial charge in [0.15, 0.2) is 5.96 Å². The van der Waals surface area contributed by atoms with Crippen molar-refractivity contribution in [2.45, 2.75) is 32.5 Å². The van der Waals surface area contributed by atoms with Crippen molar-refractivity contribution in [3.63, 3.8) is 0 Å². The molecule has 0 bridgehead atoms. The molecule has 1 heterocycles. The first-order valence-electron chi connectivity index (χ1n) is 10.4. The van der Waals surface area contributed by atoms with Gasteiger partial charge in [0.25, 0.3) is 0 Å². The molecule has 31 heavy (non-hydrogen) atoms. The van der Waals surface area contributed by atoms with Crippen LogP contribution in [0.1, 0.15) is 24.7 Å². The second kappa shape index (κ2) is 13.1. The summed E-state index contributed by atoms with van der Waals surface area (Å²) in [5, 5.41) is 6.72. The molecule has 0 spiro atoms. The van der Waals surface area contributed by atoms with Crippen molar-refractivity contribution in [1.29, 1.82) is 0 Å². The number of rotatable bonds is 9. The van der Waals surface area contributed by atoms with Gasteiger partial charge in [-0.2, -0.15) is 0 Å². The van der Waals surface area contributed by atoms with Crippen molar-refractivity contribution >= 4 is 29.9 Å². The van der Waals surface area contributed by atoms with E-state index in [1.165, 1.54) is 5.56 Å². The largest absolute Gasteiger partial charge is 0.356 e. The van der Waals surface area contributed by atoms with Gasteiger partial charge in [0, 0.05) is 26.2 Å². The number of halogens is 1. The molecule has 3 N–H and O–H groups in total. The Bertz CT molecular complexity index is 910. The standard InChI is InChI=1S/C24H32N6.HI/c1-19(30(3)18-20-10-6-4-7-11-20)14-15-26-24(25-2)28-17-23-27-16-22(29-23)21-12-8-5-9-13-21;/h4-13,16,19H,14-15,17-18H2,1-3H3,(H,27,29)(H2,25,26,28);1H. The summed E-state index contributed by atoms with van der Waals surface area (Å²) in [5.41, 5.74) is 3.49. The maximum Gasteiger partial charge on any atom is 0.191 e. The summed E-state index contributed by atoms with van der Waals surface area (Å²) in [4.78, 5) is 14.5. The minimum Gasteiger partial charge on any atom is -0.356 e. The Morgan fingerprint density at radius 2 is 1.74 bits per heavy atom. The quantitative estimate of drug-likeness (QED) is 0.219. The lowest BCUT2D eigenvalue weighted by Gasteiger charge is -2.25. The molecule has 0 aliphatic heterocycles. The SMILES string of the molecule is CN=C(NCCC(C)N(C)Cc1ccccc1)NCc1ncc(-c2ccccc2)[nH]1.I. The lowest BCUT2D eigenvalue weighted by molar-refractivity contribution is 0.238. The topological polar surface area (TPSA) is 68.3 Å². The maximum atomic E-state index is 4.46. The fraction of sp³-hybridized carbons (Fsp3) is 0.333. The normalized spacial score (nSPS) is 12.3. The monoisotopic (exact) mass is 532 g/mol. The van der Waals surface area contributed by atoms with Crippen LogP contribution in [0.3, 0.4) is 0 Å². The van der Waals surface area contributed by atoms with Gasteiger partial charge in [-0.3, -0.25) is 9.89 Å². The number of imidazole rings is 1. The van der Waals surface area contributed by atoms with Gasteiger partial charge in [-0.25, -0.2) is 4.98 Å². The highest BCUT2D eigenvalue weighted by Gasteiger charge is 2.10. The first-order chi connectivity index (χ1) is 14.7. The summed E-state index contributed by atoms with van der Waals surface area (Å²) in [6.07, 6.45) is 2.90. The van der Waals surface area contributed by atoms with Crippen molar-refractivity contribution in [3.8, 4) is 11.3 Å². The molecular weight excluding hydrogens is 499 g/mol. The van der Waals surface area contributed by atoms with Crippen LogP contribution in [0.5, 0.6) is 0 Å². The van der Waals surface area contributed by atoms with Gasteiger partial charge in [0.05, 0.1) is 18.4 Å². The Kier molecular flexibility index (Phi) is 10.5. The van der Waals surface area contributed by atoms with Gasteiger partial charge in [-0.1, -0.05) is 60.7 Å². The molecule has 3 rings (SSSR count). The molecule has 0 saturated carbocycles. The predicted molar refractivity (Wildman–Crippen MR) is 140 cm³/mol. The smallest absolute Gasteiger partial charge is 0.191 e. The summed E-state index contributed by atoms with van der Waals surface area (Å²) in [5.74, 6) is 1.67. The molecule has 0 aliphatic rings. The van der Waals surface area contributed by atoms with Gasteiger partial charge < -0.3 is 15.6 Å². The predicted octanol–water partition coefficient (Wildman–Crippen LogP) is 4.27. The molecule has 0 saturated heterocycles. The molecular formula is C24H33IN6. The zero-order valence-electron chi connectivity index (χ0n) is 18.5. The summed E-state index contributed by atoms with van der Waals surface area (Å²) < 4.78 is 0. The Balaban J connectivity index is 0.00000341. The number of aliphatic imine (C=N–C) groups is 1. The van der Waals surface area contributed by atoms with E-state index in [9.17, 15) is 0 Å². The number of guanidine groups is 1. The van der Waals surface area contributed by atoms with Crippen LogP contribution in [0.15, 0.2) is 71.9 Å². The van der Waals surface area contributed by atoms with Crippen LogP contribution in [-0.2, 0) is 13.1 Å². The van der Waals surface area contributed by atoms with E-state index in [0.29, 0.717) is 12.6 Å². The fourth-order valence-corrected chi connectivity index (χ4v) is 3.25. The number of H-pyrrole nitrogens is 1. The van der Waals surface area contributed by atoms with Gasteiger partial charge in [-0.15, -0.1) is 24.0 Å². The highest BCUT2D eigenvalue weighted by molar-refractivity contribution is 14.0. The van der Waals surface area contributed by atoms with Gasteiger partial charge >= 0.3 is 0 Å². The average molecular weight is 532 g/mol. The Morgan fingerprint density at radius 3 is 2.42 bits per heavy atom. The molecule has 1 atom stereocenters. The molecule has 166 valence electrons. The van der Waals surface area contributed by atoms with Gasteiger partial charge in [-0.05, 0) is 31.5 Å². The van der Waals surface area contributed by atoms with Crippen molar-refractivity contribution in [2.75, 3.05) is 20.6 Å². The van der Waals surface area contributed by atoms with Crippen LogP contribution in [0.2, 0.25) is 0 Å². The summed E-state index contributed by atoms with van der Waals surface area (Å²) >= 11 is 0. The molecule has 7 heteroatoms. The van der Waals surface area contributed by atoms with Crippen LogP contribution in [0, 0.1) is 0 Å². The zero-order valence-corrected chi connectivity index (χ0v) is 20.8. The Labute approximate surface area is 202 Å². The molecule has 0 aliphatic carbocycles. The van der Waals surface area contributed by atoms with Crippen LogP contribution in [0.4, 0.5) is 0 Å². The summed E-state index contributed by atoms with van der Waals surface area (Å²) in [6, 6.07) is 21.3. The van der Waals surface area contributed by atoms with Crippen LogP contribution < -0.4 is 10.6 Å². The van der Waals surface area contributed by atoms with E-state index in [1.807, 2.05) is 24.4 Å². The molecule has 2 aromatic carbocycles. The second-order valence-corrected chi connectivity index (χ2v) is 7.50. The lowest BCUT2D eigenvalue weighted by atomic mass is 10.1. The Morgan fingerprint density at radius 1 is 1.06 bits per heavy atom. The van der Waals surface area contributed by atoms with Crippen molar-refractivity contribution in [1.82, 2.24) is 25.5 Å². The number of hydrogen-bond donors (Lipinski definition) is 3. The molecule has 0 fully saturated rings. The molecule has 0 amide bonds. The first-order valence-corrected chi connectivity index (χ1v) is 10.4. The van der Waals surface area contributed by atoms with E-state index in [-0.39, 0.29) is 24.0 Å². The second-order valence-electron chi connectivity index (χ2n) is 7.50. The minimum atomic E-state index is 0. The number of aromatic nitrogens is 2. The van der Waals surface area contributed by atoms with Gasteiger partial charge in [0.2, 0.25) is 0 Å². The third kappa shape index (κ3) is 7.99. The number of benzene rings is 2. The molecule has 1 aromatic heterocycles. The van der Waals surface area contributed by atoms with E-state index < -0.39 is 0 Å². The van der Waals surface area contributed by atoms with Crippen molar-refractivity contribution < 1.29 is 0 Å². The molecule has 0 radical (unpaired) electrons. The third-order valence-corrected chi connectivity index (χ3v) is 5.24. The van der Waals surface area contributed by atoms with E-state index in [1.54, 1.807) is 7.05 Å².